The van der Waals surface area contributed by atoms with E-state index in [2.05, 4.69) is 0 Å². The average Bonchev–Trinajstić information content (AvgIpc) is 2.15. The van der Waals surface area contributed by atoms with Gasteiger partial charge in [-0.05, 0) is 11.0 Å². The molecule has 1 aromatic carbocycles. The number of benzene rings is 1. The van der Waals surface area contributed by atoms with Crippen LogP contribution < -0.4 is 0 Å². The van der Waals surface area contributed by atoms with Crippen LogP contribution in [0.4, 0.5) is 0 Å². The van der Waals surface area contributed by atoms with Crippen molar-refractivity contribution in [2.45, 2.75) is 39.4 Å². The number of aliphatic hydroxyl groups is 2. The number of aromatic hydroxyl groups is 1. The molecule has 0 atom stereocenters. The number of hydrogen-bond donors (Lipinski definition) is 3. The lowest BCUT2D eigenvalue weighted by molar-refractivity contribution is 0.261. The molecule has 0 aromatic heterocycles. The van der Waals surface area contributed by atoms with E-state index < -0.39 is 0 Å². The standard InChI is InChI=1S/C12H18O3/c1-12(2,3)10-5-4-8(6-13)11(15)9(10)7-14/h4-5,13-15H,6-7H2,1-3H3. The van der Waals surface area contributed by atoms with Gasteiger partial charge >= 0.3 is 0 Å². The quantitative estimate of drug-likeness (QED) is 0.696. The fourth-order valence-electron chi connectivity index (χ4n) is 1.68. The molecule has 84 valence electrons. The Morgan fingerprint density at radius 3 is 2.07 bits per heavy atom. The Bertz CT molecular complexity index is 351. The molecule has 0 saturated heterocycles. The van der Waals surface area contributed by atoms with Crippen LogP contribution in [0.5, 0.6) is 5.75 Å². The number of aliphatic hydroxyl groups excluding tert-OH is 2. The van der Waals surface area contributed by atoms with Crippen LogP contribution in [0.3, 0.4) is 0 Å². The van der Waals surface area contributed by atoms with Crippen molar-refractivity contribution in [3.05, 3.63) is 28.8 Å². The van der Waals surface area contributed by atoms with Crippen LogP contribution in [0.1, 0.15) is 37.5 Å². The maximum absolute atomic E-state index is 9.81. The molecule has 3 nitrogen and oxygen atoms in total. The van der Waals surface area contributed by atoms with E-state index in [4.69, 9.17) is 5.11 Å². The summed E-state index contributed by atoms with van der Waals surface area (Å²) in [7, 11) is 0. The van der Waals surface area contributed by atoms with Crippen LogP contribution in [0.25, 0.3) is 0 Å². The molecule has 3 N–H and O–H groups in total. The highest BCUT2D eigenvalue weighted by atomic mass is 16.3. The lowest BCUT2D eigenvalue weighted by Gasteiger charge is -2.23. The monoisotopic (exact) mass is 210 g/mol. The summed E-state index contributed by atoms with van der Waals surface area (Å²) in [6.07, 6.45) is 0. The predicted octanol–water partition coefficient (Wildman–Crippen LogP) is 1.67. The van der Waals surface area contributed by atoms with Gasteiger partial charge in [-0.15, -0.1) is 0 Å². The Hall–Kier alpha value is -1.06. The van der Waals surface area contributed by atoms with Gasteiger partial charge in [-0.25, -0.2) is 0 Å². The molecule has 0 unspecified atom stereocenters. The fourth-order valence-corrected chi connectivity index (χ4v) is 1.68. The van der Waals surface area contributed by atoms with Crippen LogP contribution >= 0.6 is 0 Å². The normalized spacial score (nSPS) is 11.8. The highest BCUT2D eigenvalue weighted by Gasteiger charge is 2.21. The highest BCUT2D eigenvalue weighted by molar-refractivity contribution is 5.47. The second-order valence-corrected chi connectivity index (χ2v) is 4.67. The maximum atomic E-state index is 9.81. The van der Waals surface area contributed by atoms with Crippen molar-refractivity contribution in [1.29, 1.82) is 0 Å². The average molecular weight is 210 g/mol. The van der Waals surface area contributed by atoms with Gasteiger partial charge in [0.2, 0.25) is 0 Å². The van der Waals surface area contributed by atoms with Crippen LogP contribution in [-0.2, 0) is 18.6 Å². The van der Waals surface area contributed by atoms with E-state index in [0.29, 0.717) is 11.1 Å². The van der Waals surface area contributed by atoms with Gasteiger partial charge in [0.25, 0.3) is 0 Å². The second kappa shape index (κ2) is 4.21. The van der Waals surface area contributed by atoms with Crippen molar-refractivity contribution >= 4 is 0 Å². The first-order chi connectivity index (χ1) is 6.91. The number of hydrogen-bond acceptors (Lipinski definition) is 3. The van der Waals surface area contributed by atoms with Gasteiger partial charge in [0, 0.05) is 11.1 Å². The molecule has 0 aliphatic rings. The summed E-state index contributed by atoms with van der Waals surface area (Å²) in [6, 6.07) is 3.53. The van der Waals surface area contributed by atoms with Crippen LogP contribution in [0.15, 0.2) is 12.1 Å². The molecule has 0 amide bonds. The molecule has 1 aromatic rings. The molecule has 0 fully saturated rings. The van der Waals surface area contributed by atoms with E-state index in [1.54, 1.807) is 6.07 Å². The van der Waals surface area contributed by atoms with E-state index in [1.807, 2.05) is 26.8 Å². The first-order valence-electron chi connectivity index (χ1n) is 4.97. The van der Waals surface area contributed by atoms with Gasteiger partial charge < -0.3 is 15.3 Å². The Labute approximate surface area is 90.0 Å². The molecule has 1 rings (SSSR count). The topological polar surface area (TPSA) is 60.7 Å². The summed E-state index contributed by atoms with van der Waals surface area (Å²) in [4.78, 5) is 0. The lowest BCUT2D eigenvalue weighted by atomic mass is 9.83. The molecule has 0 heterocycles. The van der Waals surface area contributed by atoms with Gasteiger partial charge in [-0.1, -0.05) is 32.9 Å². The van der Waals surface area contributed by atoms with Crippen LogP contribution in [-0.4, -0.2) is 15.3 Å². The summed E-state index contributed by atoms with van der Waals surface area (Å²) in [5.41, 5.74) is 1.73. The van der Waals surface area contributed by atoms with Crippen LogP contribution in [0.2, 0.25) is 0 Å². The van der Waals surface area contributed by atoms with E-state index in [-0.39, 0.29) is 24.4 Å². The third kappa shape index (κ3) is 2.30. The lowest BCUT2D eigenvalue weighted by Crippen LogP contribution is -2.15. The third-order valence-corrected chi connectivity index (χ3v) is 2.50. The van der Waals surface area contributed by atoms with Crippen molar-refractivity contribution < 1.29 is 15.3 Å². The SMILES string of the molecule is CC(C)(C)c1ccc(CO)c(O)c1CO. The van der Waals surface area contributed by atoms with E-state index in [1.165, 1.54) is 0 Å². The van der Waals surface area contributed by atoms with E-state index in [9.17, 15) is 10.2 Å². The summed E-state index contributed by atoms with van der Waals surface area (Å²) in [6.45, 7) is 5.61. The molecule has 0 aliphatic heterocycles. The highest BCUT2D eigenvalue weighted by Crippen LogP contribution is 2.33. The van der Waals surface area contributed by atoms with Crippen molar-refractivity contribution in [2.24, 2.45) is 0 Å². The van der Waals surface area contributed by atoms with Crippen molar-refractivity contribution in [3.8, 4) is 5.75 Å². The summed E-state index contributed by atoms with van der Waals surface area (Å²) in [5, 5.41) is 28.0. The molecule has 0 bridgehead atoms. The molecular weight excluding hydrogens is 192 g/mol. The molecule has 0 aliphatic carbocycles. The van der Waals surface area contributed by atoms with Crippen molar-refractivity contribution in [3.63, 3.8) is 0 Å². The third-order valence-electron chi connectivity index (χ3n) is 2.50. The molecule has 3 heteroatoms. The summed E-state index contributed by atoms with van der Waals surface area (Å²) >= 11 is 0. The minimum atomic E-state index is -0.219. The molecule has 15 heavy (non-hydrogen) atoms. The Kier molecular flexibility index (Phi) is 3.37. The van der Waals surface area contributed by atoms with E-state index in [0.717, 1.165) is 5.56 Å². The first kappa shape index (κ1) is 12.0. The molecular formula is C12H18O3. The van der Waals surface area contributed by atoms with Crippen molar-refractivity contribution in [1.82, 2.24) is 0 Å². The van der Waals surface area contributed by atoms with Crippen molar-refractivity contribution in [2.75, 3.05) is 0 Å². The van der Waals surface area contributed by atoms with Gasteiger partial charge in [0.15, 0.2) is 0 Å². The second-order valence-electron chi connectivity index (χ2n) is 4.67. The molecule has 0 radical (unpaired) electrons. The zero-order valence-corrected chi connectivity index (χ0v) is 9.41. The van der Waals surface area contributed by atoms with Gasteiger partial charge in [0.1, 0.15) is 5.75 Å². The van der Waals surface area contributed by atoms with Crippen LogP contribution in [0, 0.1) is 0 Å². The maximum Gasteiger partial charge on any atom is 0.126 e. The summed E-state index contributed by atoms with van der Waals surface area (Å²) < 4.78 is 0. The van der Waals surface area contributed by atoms with Gasteiger partial charge in [0.05, 0.1) is 13.2 Å². The smallest absolute Gasteiger partial charge is 0.126 e. The Balaban J connectivity index is 3.38. The Morgan fingerprint density at radius 2 is 1.67 bits per heavy atom. The molecule has 0 spiro atoms. The molecule has 0 saturated carbocycles. The fraction of sp³-hybridized carbons (Fsp3) is 0.500. The number of phenols is 1. The Morgan fingerprint density at radius 1 is 1.07 bits per heavy atom. The zero-order chi connectivity index (χ0) is 11.6. The largest absolute Gasteiger partial charge is 0.507 e. The summed E-state index contributed by atoms with van der Waals surface area (Å²) in [5.74, 6) is 0.00688. The number of rotatable bonds is 2. The minimum Gasteiger partial charge on any atom is -0.507 e. The van der Waals surface area contributed by atoms with Gasteiger partial charge in [-0.2, -0.15) is 0 Å². The minimum absolute atomic E-state index is 0.00688. The predicted molar refractivity (Wildman–Crippen MR) is 58.7 cm³/mol. The van der Waals surface area contributed by atoms with Gasteiger partial charge in [-0.3, -0.25) is 0 Å². The zero-order valence-electron chi connectivity index (χ0n) is 9.41. The van der Waals surface area contributed by atoms with E-state index >= 15 is 0 Å². The first-order valence-corrected chi connectivity index (χ1v) is 4.97.